The van der Waals surface area contributed by atoms with Gasteiger partial charge in [0.2, 0.25) is 0 Å². The Bertz CT molecular complexity index is 514. The highest BCUT2D eigenvalue weighted by atomic mass is 16.5. The summed E-state index contributed by atoms with van der Waals surface area (Å²) in [6.07, 6.45) is 3.40. The van der Waals surface area contributed by atoms with Gasteiger partial charge in [-0.05, 0) is 37.3 Å². The third kappa shape index (κ3) is 3.46. The second-order valence-corrected chi connectivity index (χ2v) is 6.18. The molecule has 2 saturated heterocycles. The maximum absolute atomic E-state index is 12.0. The number of carbonyl (C=O) groups is 1. The monoisotopic (exact) mass is 303 g/mol. The van der Waals surface area contributed by atoms with Gasteiger partial charge in [-0.25, -0.2) is 4.79 Å². The minimum absolute atomic E-state index is 0.109. The Hall–Kier alpha value is -1.91. The van der Waals surface area contributed by atoms with Crippen LogP contribution >= 0.6 is 0 Å². The van der Waals surface area contributed by atoms with Crippen LogP contribution in [-0.2, 0) is 0 Å². The Kier molecular flexibility index (Phi) is 4.71. The van der Waals surface area contributed by atoms with Gasteiger partial charge in [0.05, 0.1) is 7.11 Å². The van der Waals surface area contributed by atoms with Gasteiger partial charge < -0.3 is 19.9 Å². The van der Waals surface area contributed by atoms with Crippen molar-refractivity contribution < 1.29 is 9.53 Å². The first-order chi connectivity index (χ1) is 10.8. The number of hydrogen-bond acceptors (Lipinski definition) is 3. The zero-order valence-electron chi connectivity index (χ0n) is 13.3. The number of rotatable bonds is 4. The molecule has 1 aromatic carbocycles. The van der Waals surface area contributed by atoms with E-state index < -0.39 is 0 Å². The highest BCUT2D eigenvalue weighted by Gasteiger charge is 2.24. The molecule has 5 nitrogen and oxygen atoms in total. The number of benzene rings is 1. The molecule has 5 heteroatoms. The predicted molar refractivity (Wildman–Crippen MR) is 87.5 cm³/mol. The molecule has 2 amide bonds. The van der Waals surface area contributed by atoms with Gasteiger partial charge in [-0.1, -0.05) is 6.07 Å². The molecule has 0 radical (unpaired) electrons. The summed E-state index contributed by atoms with van der Waals surface area (Å²) >= 11 is 0. The van der Waals surface area contributed by atoms with Gasteiger partial charge in [0.25, 0.3) is 0 Å². The Morgan fingerprint density at radius 3 is 2.91 bits per heavy atom. The molecule has 0 aliphatic carbocycles. The third-order valence-electron chi connectivity index (χ3n) is 4.64. The summed E-state index contributed by atoms with van der Waals surface area (Å²) in [5.41, 5.74) is 1.20. The lowest BCUT2D eigenvalue weighted by Crippen LogP contribution is -2.40. The highest BCUT2D eigenvalue weighted by molar-refractivity contribution is 5.74. The molecule has 2 fully saturated rings. The van der Waals surface area contributed by atoms with Crippen molar-refractivity contribution in [3.63, 3.8) is 0 Å². The zero-order chi connectivity index (χ0) is 15.4. The van der Waals surface area contributed by atoms with Crippen LogP contribution in [0.25, 0.3) is 0 Å². The molecule has 0 saturated carbocycles. The quantitative estimate of drug-likeness (QED) is 0.928. The van der Waals surface area contributed by atoms with Crippen molar-refractivity contribution in [2.45, 2.75) is 19.3 Å². The summed E-state index contributed by atoms with van der Waals surface area (Å²) < 4.78 is 5.29. The van der Waals surface area contributed by atoms with E-state index in [-0.39, 0.29) is 6.03 Å². The van der Waals surface area contributed by atoms with E-state index in [4.69, 9.17) is 4.74 Å². The zero-order valence-corrected chi connectivity index (χ0v) is 13.3. The lowest BCUT2D eigenvalue weighted by atomic mass is 10.1. The minimum atomic E-state index is 0.109. The van der Waals surface area contributed by atoms with Crippen LogP contribution in [0.5, 0.6) is 5.75 Å². The number of likely N-dealkylation sites (tertiary alicyclic amines) is 1. The van der Waals surface area contributed by atoms with Crippen LogP contribution in [0, 0.1) is 5.92 Å². The number of methoxy groups -OCH3 is 1. The summed E-state index contributed by atoms with van der Waals surface area (Å²) in [5.74, 6) is 1.42. The maximum Gasteiger partial charge on any atom is 0.317 e. The number of hydrogen-bond donors (Lipinski definition) is 1. The smallest absolute Gasteiger partial charge is 0.317 e. The highest BCUT2D eigenvalue weighted by Crippen LogP contribution is 2.26. The number of urea groups is 1. The average molecular weight is 303 g/mol. The van der Waals surface area contributed by atoms with Crippen molar-refractivity contribution in [1.82, 2.24) is 10.2 Å². The molecule has 120 valence electrons. The van der Waals surface area contributed by atoms with E-state index in [9.17, 15) is 4.79 Å². The van der Waals surface area contributed by atoms with E-state index in [2.05, 4.69) is 22.3 Å². The fraction of sp³-hybridized carbons (Fsp3) is 0.588. The first kappa shape index (κ1) is 15.0. The predicted octanol–water partition coefficient (Wildman–Crippen LogP) is 2.33. The fourth-order valence-corrected chi connectivity index (χ4v) is 3.30. The first-order valence-corrected chi connectivity index (χ1v) is 8.18. The summed E-state index contributed by atoms with van der Waals surface area (Å²) in [7, 11) is 1.69. The van der Waals surface area contributed by atoms with Gasteiger partial charge in [-0.3, -0.25) is 0 Å². The van der Waals surface area contributed by atoms with Crippen LogP contribution in [0.15, 0.2) is 24.3 Å². The van der Waals surface area contributed by atoms with Crippen molar-refractivity contribution in [3.05, 3.63) is 24.3 Å². The molecule has 0 unspecified atom stereocenters. The Balaban J connectivity index is 1.48. The van der Waals surface area contributed by atoms with Crippen LogP contribution in [0.4, 0.5) is 10.5 Å². The fourth-order valence-electron chi connectivity index (χ4n) is 3.30. The molecule has 0 aromatic heterocycles. The van der Waals surface area contributed by atoms with E-state index >= 15 is 0 Å². The molecule has 1 aromatic rings. The molecule has 2 aliphatic rings. The van der Waals surface area contributed by atoms with E-state index in [0.717, 1.165) is 57.7 Å². The van der Waals surface area contributed by atoms with Gasteiger partial charge >= 0.3 is 6.03 Å². The second-order valence-electron chi connectivity index (χ2n) is 6.18. The van der Waals surface area contributed by atoms with Gasteiger partial charge in [0, 0.05) is 44.5 Å². The summed E-state index contributed by atoms with van der Waals surface area (Å²) in [6, 6.07) is 8.29. The molecule has 1 atom stereocenters. The first-order valence-electron chi connectivity index (χ1n) is 8.18. The van der Waals surface area contributed by atoms with Crippen molar-refractivity contribution in [3.8, 4) is 5.75 Å². The number of carbonyl (C=O) groups excluding carboxylic acids is 1. The Morgan fingerprint density at radius 1 is 1.32 bits per heavy atom. The number of amides is 2. The molecule has 2 heterocycles. The van der Waals surface area contributed by atoms with Gasteiger partial charge in [-0.2, -0.15) is 0 Å². The molecular weight excluding hydrogens is 278 g/mol. The summed E-state index contributed by atoms with van der Waals surface area (Å²) in [4.78, 5) is 16.3. The van der Waals surface area contributed by atoms with Crippen molar-refractivity contribution >= 4 is 11.7 Å². The molecule has 0 bridgehead atoms. The topological polar surface area (TPSA) is 44.8 Å². The van der Waals surface area contributed by atoms with Gasteiger partial charge in [0.15, 0.2) is 0 Å². The summed E-state index contributed by atoms with van der Waals surface area (Å²) in [6.45, 7) is 4.62. The Labute approximate surface area is 132 Å². The third-order valence-corrected chi connectivity index (χ3v) is 4.64. The van der Waals surface area contributed by atoms with Crippen molar-refractivity contribution in [2.24, 2.45) is 5.92 Å². The minimum Gasteiger partial charge on any atom is -0.497 e. The van der Waals surface area contributed by atoms with Crippen molar-refractivity contribution in [2.75, 3.05) is 44.7 Å². The molecular formula is C17H25N3O2. The van der Waals surface area contributed by atoms with Crippen LogP contribution in [0.1, 0.15) is 19.3 Å². The number of nitrogens with one attached hydrogen (secondary N) is 1. The van der Waals surface area contributed by atoms with Crippen molar-refractivity contribution in [1.29, 1.82) is 0 Å². The summed E-state index contributed by atoms with van der Waals surface area (Å²) in [5, 5.41) is 3.10. The molecule has 0 spiro atoms. The molecule has 3 rings (SSSR count). The molecule has 1 N–H and O–H groups in total. The second kappa shape index (κ2) is 6.90. The van der Waals surface area contributed by atoms with Gasteiger partial charge in [-0.15, -0.1) is 0 Å². The van der Waals surface area contributed by atoms with E-state index in [1.807, 2.05) is 17.0 Å². The van der Waals surface area contributed by atoms with Crippen LogP contribution < -0.4 is 15.0 Å². The van der Waals surface area contributed by atoms with E-state index in [1.165, 1.54) is 5.69 Å². The number of nitrogens with zero attached hydrogens (tertiary/aromatic N) is 2. The van der Waals surface area contributed by atoms with Gasteiger partial charge in [0.1, 0.15) is 5.75 Å². The molecule has 2 aliphatic heterocycles. The van der Waals surface area contributed by atoms with Crippen LogP contribution in [-0.4, -0.2) is 50.8 Å². The van der Waals surface area contributed by atoms with Crippen LogP contribution in [0.2, 0.25) is 0 Å². The van der Waals surface area contributed by atoms with Crippen LogP contribution in [0.3, 0.4) is 0 Å². The maximum atomic E-state index is 12.0. The van der Waals surface area contributed by atoms with E-state index in [1.54, 1.807) is 7.11 Å². The lowest BCUT2D eigenvalue weighted by molar-refractivity contribution is 0.207. The molecule has 22 heavy (non-hydrogen) atoms. The number of ether oxygens (including phenoxy) is 1. The van der Waals surface area contributed by atoms with E-state index in [0.29, 0.717) is 5.92 Å². The lowest BCUT2D eigenvalue weighted by Gasteiger charge is -2.20. The number of anilines is 1. The normalized spacial score (nSPS) is 21.2. The standard InChI is InChI=1S/C17H25N3O2/c1-22-16-6-4-5-15(11-16)20-10-7-14(13-20)12-18-17(21)19-8-2-3-9-19/h4-6,11,14H,2-3,7-10,12-13H2,1H3,(H,18,21)/t14-/m0/s1. The Morgan fingerprint density at radius 2 is 2.14 bits per heavy atom. The largest absolute Gasteiger partial charge is 0.497 e. The SMILES string of the molecule is COc1cccc(N2CC[C@@H](CNC(=O)N3CCCC3)C2)c1. The average Bonchev–Trinajstić information content (AvgIpc) is 3.24.